The van der Waals surface area contributed by atoms with Gasteiger partial charge < -0.3 is 15.7 Å². The summed E-state index contributed by atoms with van der Waals surface area (Å²) >= 11 is 4.89. The van der Waals surface area contributed by atoms with Gasteiger partial charge in [0, 0.05) is 5.69 Å². The monoisotopic (exact) mass is 348 g/mol. The van der Waals surface area contributed by atoms with Crippen LogP contribution in [0.4, 0.5) is 33.3 Å². The number of anilines is 2. The summed E-state index contributed by atoms with van der Waals surface area (Å²) in [7, 11) is 0. The van der Waals surface area contributed by atoms with Crippen molar-refractivity contribution in [2.24, 2.45) is 0 Å². The van der Waals surface area contributed by atoms with Crippen LogP contribution in [0.5, 0.6) is 5.75 Å². The minimum absolute atomic E-state index is 0.119. The first-order chi connectivity index (χ1) is 10.7. The van der Waals surface area contributed by atoms with Gasteiger partial charge in [-0.25, -0.2) is 4.39 Å². The molecule has 0 aliphatic heterocycles. The first-order valence-corrected chi connectivity index (χ1v) is 6.51. The Morgan fingerprint density at radius 1 is 0.957 bits per heavy atom. The predicted octanol–water partition coefficient (Wildman–Crippen LogP) is 4.50. The SMILES string of the molecule is Oc1c(NC(=S)Nc2ccc(C(F)(F)F)cc2)ccc(F)c1F. The number of benzene rings is 2. The maximum atomic E-state index is 13.2. The number of rotatable bonds is 2. The molecule has 2 rings (SSSR count). The molecule has 0 aliphatic carbocycles. The summed E-state index contributed by atoms with van der Waals surface area (Å²) in [6.45, 7) is 0. The van der Waals surface area contributed by atoms with Crippen LogP contribution in [-0.2, 0) is 6.18 Å². The standard InChI is InChI=1S/C14H9F5N2OS/c15-9-5-6-10(12(22)11(9)16)21-13(23)20-8-3-1-7(2-4-8)14(17,18)19/h1-6,22H,(H2,20,21,23). The average Bonchev–Trinajstić information content (AvgIpc) is 2.47. The molecule has 3 N–H and O–H groups in total. The van der Waals surface area contributed by atoms with E-state index in [4.69, 9.17) is 12.2 Å². The van der Waals surface area contributed by atoms with Crippen LogP contribution in [0.25, 0.3) is 0 Å². The lowest BCUT2D eigenvalue weighted by molar-refractivity contribution is -0.137. The zero-order valence-electron chi connectivity index (χ0n) is 11.2. The summed E-state index contributed by atoms with van der Waals surface area (Å²) in [4.78, 5) is 0. The lowest BCUT2D eigenvalue weighted by atomic mass is 10.2. The lowest BCUT2D eigenvalue weighted by Gasteiger charge is -2.13. The van der Waals surface area contributed by atoms with Gasteiger partial charge >= 0.3 is 6.18 Å². The van der Waals surface area contributed by atoms with Crippen molar-refractivity contribution in [3.63, 3.8) is 0 Å². The van der Waals surface area contributed by atoms with Crippen LogP contribution >= 0.6 is 12.2 Å². The molecular formula is C14H9F5N2OS. The fraction of sp³-hybridized carbons (Fsp3) is 0.0714. The van der Waals surface area contributed by atoms with Gasteiger partial charge in [0.1, 0.15) is 0 Å². The van der Waals surface area contributed by atoms with Crippen LogP contribution < -0.4 is 10.6 Å². The number of hydrogen-bond acceptors (Lipinski definition) is 2. The largest absolute Gasteiger partial charge is 0.503 e. The van der Waals surface area contributed by atoms with Gasteiger partial charge in [-0.15, -0.1) is 0 Å². The molecule has 0 radical (unpaired) electrons. The van der Waals surface area contributed by atoms with Crippen LogP contribution in [-0.4, -0.2) is 10.2 Å². The Bertz CT molecular complexity index is 731. The molecule has 0 heterocycles. The van der Waals surface area contributed by atoms with Crippen molar-refractivity contribution in [2.75, 3.05) is 10.6 Å². The minimum Gasteiger partial charge on any atom is -0.503 e. The number of thiocarbonyl (C=S) groups is 1. The fourth-order valence-corrected chi connectivity index (χ4v) is 1.90. The summed E-state index contributed by atoms with van der Waals surface area (Å²) in [5.74, 6) is -3.62. The number of nitrogens with one attached hydrogen (secondary N) is 2. The van der Waals surface area contributed by atoms with E-state index in [-0.39, 0.29) is 16.5 Å². The quantitative estimate of drug-likeness (QED) is 0.425. The second-order valence-corrected chi connectivity index (χ2v) is 4.82. The van der Waals surface area contributed by atoms with Gasteiger partial charge in [-0.2, -0.15) is 17.6 Å². The molecule has 0 spiro atoms. The number of phenols is 1. The minimum atomic E-state index is -4.45. The van der Waals surface area contributed by atoms with Gasteiger partial charge in [0.25, 0.3) is 0 Å². The van der Waals surface area contributed by atoms with Crippen molar-refractivity contribution in [3.8, 4) is 5.75 Å². The Balaban J connectivity index is 2.07. The van der Waals surface area contributed by atoms with Gasteiger partial charge in [0.2, 0.25) is 5.82 Å². The van der Waals surface area contributed by atoms with E-state index in [0.29, 0.717) is 0 Å². The molecule has 0 atom stereocenters. The highest BCUT2D eigenvalue weighted by molar-refractivity contribution is 7.80. The van der Waals surface area contributed by atoms with Crippen molar-refractivity contribution >= 4 is 28.7 Å². The van der Waals surface area contributed by atoms with E-state index in [9.17, 15) is 27.1 Å². The second-order valence-electron chi connectivity index (χ2n) is 4.41. The number of aromatic hydroxyl groups is 1. The Morgan fingerprint density at radius 2 is 1.57 bits per heavy atom. The molecule has 2 aromatic rings. The van der Waals surface area contributed by atoms with E-state index < -0.39 is 29.1 Å². The van der Waals surface area contributed by atoms with Crippen LogP contribution in [0, 0.1) is 11.6 Å². The van der Waals surface area contributed by atoms with Crippen molar-refractivity contribution < 1.29 is 27.1 Å². The number of alkyl halides is 3. The van der Waals surface area contributed by atoms with Gasteiger partial charge in [0.05, 0.1) is 11.3 Å². The smallest absolute Gasteiger partial charge is 0.416 e. The number of phenolic OH excluding ortho intramolecular Hbond substituents is 1. The molecule has 3 nitrogen and oxygen atoms in total. The van der Waals surface area contributed by atoms with Gasteiger partial charge in [-0.05, 0) is 48.6 Å². The van der Waals surface area contributed by atoms with E-state index in [2.05, 4.69) is 10.6 Å². The zero-order valence-corrected chi connectivity index (χ0v) is 12.0. The van der Waals surface area contributed by atoms with E-state index >= 15 is 0 Å². The molecule has 9 heteroatoms. The first-order valence-electron chi connectivity index (χ1n) is 6.10. The lowest BCUT2D eigenvalue weighted by Crippen LogP contribution is -2.19. The highest BCUT2D eigenvalue weighted by Gasteiger charge is 2.29. The topological polar surface area (TPSA) is 44.3 Å². The Hall–Kier alpha value is -2.42. The molecule has 0 bridgehead atoms. The van der Waals surface area contributed by atoms with E-state index in [1.54, 1.807) is 0 Å². The fourth-order valence-electron chi connectivity index (χ4n) is 1.67. The number of halogens is 5. The van der Waals surface area contributed by atoms with Crippen LogP contribution in [0.15, 0.2) is 36.4 Å². The zero-order chi connectivity index (χ0) is 17.2. The van der Waals surface area contributed by atoms with E-state index in [1.165, 1.54) is 0 Å². The van der Waals surface area contributed by atoms with Crippen molar-refractivity contribution in [2.45, 2.75) is 6.18 Å². The predicted molar refractivity (Wildman–Crippen MR) is 79.3 cm³/mol. The summed E-state index contributed by atoms with van der Waals surface area (Å²) in [5.41, 5.74) is -0.758. The molecular weight excluding hydrogens is 339 g/mol. The van der Waals surface area contributed by atoms with Crippen LogP contribution in [0.2, 0.25) is 0 Å². The van der Waals surface area contributed by atoms with Crippen molar-refractivity contribution in [1.29, 1.82) is 0 Å². The Labute approximate surface area is 132 Å². The third kappa shape index (κ3) is 4.07. The number of hydrogen-bond donors (Lipinski definition) is 3. The summed E-state index contributed by atoms with van der Waals surface area (Å²) in [5, 5.41) is 14.3. The third-order valence-electron chi connectivity index (χ3n) is 2.79. The maximum absolute atomic E-state index is 13.2. The molecule has 2 aromatic carbocycles. The van der Waals surface area contributed by atoms with Crippen LogP contribution in [0.1, 0.15) is 5.56 Å². The summed E-state index contributed by atoms with van der Waals surface area (Å²) in [6, 6.07) is 5.89. The highest BCUT2D eigenvalue weighted by Crippen LogP contribution is 2.30. The van der Waals surface area contributed by atoms with Gasteiger partial charge in [0.15, 0.2) is 16.7 Å². The van der Waals surface area contributed by atoms with Gasteiger partial charge in [-0.1, -0.05) is 0 Å². The van der Waals surface area contributed by atoms with E-state index in [0.717, 1.165) is 36.4 Å². The molecule has 0 fully saturated rings. The molecule has 0 aromatic heterocycles. The third-order valence-corrected chi connectivity index (χ3v) is 2.99. The normalized spacial score (nSPS) is 11.2. The molecule has 0 saturated heterocycles. The second kappa shape index (κ2) is 6.37. The first kappa shape index (κ1) is 16.9. The Kier molecular flexibility index (Phi) is 4.69. The molecule has 0 aliphatic rings. The molecule has 0 amide bonds. The van der Waals surface area contributed by atoms with E-state index in [1.807, 2.05) is 0 Å². The molecule has 0 unspecified atom stereocenters. The van der Waals surface area contributed by atoms with Crippen molar-refractivity contribution in [1.82, 2.24) is 0 Å². The molecule has 0 saturated carbocycles. The average molecular weight is 348 g/mol. The Morgan fingerprint density at radius 3 is 2.13 bits per heavy atom. The highest BCUT2D eigenvalue weighted by atomic mass is 32.1. The van der Waals surface area contributed by atoms with Crippen molar-refractivity contribution in [3.05, 3.63) is 53.6 Å². The van der Waals surface area contributed by atoms with Crippen LogP contribution in [0.3, 0.4) is 0 Å². The maximum Gasteiger partial charge on any atom is 0.416 e. The molecule has 122 valence electrons. The molecule has 23 heavy (non-hydrogen) atoms. The van der Waals surface area contributed by atoms with Gasteiger partial charge in [-0.3, -0.25) is 0 Å². The summed E-state index contributed by atoms with van der Waals surface area (Å²) in [6.07, 6.45) is -4.45. The summed E-state index contributed by atoms with van der Waals surface area (Å²) < 4.78 is 63.4.